The van der Waals surface area contributed by atoms with Crippen molar-refractivity contribution >= 4 is 22.0 Å². The van der Waals surface area contributed by atoms with Crippen molar-refractivity contribution in [2.45, 2.75) is 6.54 Å². The Labute approximate surface area is 128 Å². The van der Waals surface area contributed by atoms with Gasteiger partial charge in [-0.05, 0) is 23.8 Å². The molecule has 0 aliphatic heterocycles. The van der Waals surface area contributed by atoms with Crippen LogP contribution in [0.4, 0.5) is 0 Å². The van der Waals surface area contributed by atoms with E-state index >= 15 is 0 Å². The standard InChI is InChI=1S/C15H16N2O4S/c18-15(16-11-14-7-4-9-21-14)12-17-22(19,20)10-8-13-5-2-1-3-6-13/h1-10,17H,11-12H2,(H,16,18)/b10-8+. The third-order valence-electron chi connectivity index (χ3n) is 2.71. The molecular formula is C15H16N2O4S. The number of hydrogen-bond donors (Lipinski definition) is 2. The molecule has 0 aliphatic carbocycles. The molecule has 0 atom stereocenters. The SMILES string of the molecule is O=C(CNS(=O)(=O)/C=C/c1ccccc1)NCc1ccco1. The zero-order chi connectivity index (χ0) is 15.8. The lowest BCUT2D eigenvalue weighted by Gasteiger charge is -2.04. The topological polar surface area (TPSA) is 88.4 Å². The molecule has 0 aliphatic rings. The normalized spacial score (nSPS) is 11.6. The number of carbonyl (C=O) groups excluding carboxylic acids is 1. The zero-order valence-corrected chi connectivity index (χ0v) is 12.5. The molecule has 1 aromatic heterocycles. The molecule has 2 rings (SSSR count). The molecule has 0 saturated heterocycles. The summed E-state index contributed by atoms with van der Waals surface area (Å²) >= 11 is 0. The van der Waals surface area contributed by atoms with Crippen LogP contribution in [0.1, 0.15) is 11.3 Å². The summed E-state index contributed by atoms with van der Waals surface area (Å²) in [6.07, 6.45) is 2.96. The molecular weight excluding hydrogens is 304 g/mol. The van der Waals surface area contributed by atoms with E-state index in [1.54, 1.807) is 24.3 Å². The molecule has 0 spiro atoms. The highest BCUT2D eigenvalue weighted by atomic mass is 32.2. The molecule has 6 nitrogen and oxygen atoms in total. The van der Waals surface area contributed by atoms with Gasteiger partial charge in [0.1, 0.15) is 5.76 Å². The number of amides is 1. The van der Waals surface area contributed by atoms with Crippen molar-refractivity contribution in [3.05, 3.63) is 65.5 Å². The summed E-state index contributed by atoms with van der Waals surface area (Å²) in [6.45, 7) is -0.115. The van der Waals surface area contributed by atoms with Gasteiger partial charge in [-0.25, -0.2) is 13.1 Å². The van der Waals surface area contributed by atoms with Crippen LogP contribution in [-0.4, -0.2) is 20.9 Å². The van der Waals surface area contributed by atoms with Crippen LogP contribution < -0.4 is 10.0 Å². The van der Waals surface area contributed by atoms with E-state index in [0.717, 1.165) is 11.0 Å². The molecule has 2 aromatic rings. The second-order valence-corrected chi connectivity index (χ2v) is 6.09. The van der Waals surface area contributed by atoms with Gasteiger partial charge in [-0.3, -0.25) is 4.79 Å². The largest absolute Gasteiger partial charge is 0.467 e. The van der Waals surface area contributed by atoms with E-state index in [2.05, 4.69) is 10.0 Å². The first-order valence-electron chi connectivity index (χ1n) is 6.57. The van der Waals surface area contributed by atoms with Gasteiger partial charge in [-0.2, -0.15) is 0 Å². The Morgan fingerprint density at radius 1 is 1.14 bits per heavy atom. The van der Waals surface area contributed by atoms with E-state index < -0.39 is 15.9 Å². The van der Waals surface area contributed by atoms with E-state index in [4.69, 9.17) is 4.42 Å². The number of rotatable bonds is 7. The Hall–Kier alpha value is -2.38. The van der Waals surface area contributed by atoms with Gasteiger partial charge in [0.25, 0.3) is 0 Å². The lowest BCUT2D eigenvalue weighted by Crippen LogP contribution is -2.35. The van der Waals surface area contributed by atoms with Crippen molar-refractivity contribution in [3.63, 3.8) is 0 Å². The Kier molecular flexibility index (Phi) is 5.51. The summed E-state index contributed by atoms with van der Waals surface area (Å²) in [5.74, 6) is 0.160. The lowest BCUT2D eigenvalue weighted by atomic mass is 10.2. The lowest BCUT2D eigenvalue weighted by molar-refractivity contribution is -0.120. The highest BCUT2D eigenvalue weighted by Gasteiger charge is 2.09. The summed E-state index contributed by atoms with van der Waals surface area (Å²) in [6, 6.07) is 12.4. The summed E-state index contributed by atoms with van der Waals surface area (Å²) in [4.78, 5) is 11.6. The van der Waals surface area contributed by atoms with Crippen molar-refractivity contribution in [3.8, 4) is 0 Å². The minimum atomic E-state index is -3.66. The first-order chi connectivity index (χ1) is 10.6. The van der Waals surface area contributed by atoms with Crippen molar-refractivity contribution in [1.82, 2.24) is 10.0 Å². The van der Waals surface area contributed by atoms with Crippen LogP contribution >= 0.6 is 0 Å². The van der Waals surface area contributed by atoms with Crippen LogP contribution in [0.25, 0.3) is 6.08 Å². The van der Waals surface area contributed by atoms with Gasteiger partial charge in [0.2, 0.25) is 15.9 Å². The summed E-state index contributed by atoms with van der Waals surface area (Å²) in [7, 11) is -3.66. The molecule has 2 N–H and O–H groups in total. The summed E-state index contributed by atoms with van der Waals surface area (Å²) in [5.41, 5.74) is 0.759. The Balaban J connectivity index is 1.79. The van der Waals surface area contributed by atoms with Crippen molar-refractivity contribution in [1.29, 1.82) is 0 Å². The third kappa shape index (κ3) is 5.55. The van der Waals surface area contributed by atoms with Crippen LogP contribution in [0.15, 0.2) is 58.6 Å². The molecule has 1 heterocycles. The van der Waals surface area contributed by atoms with E-state index in [0.29, 0.717) is 5.76 Å². The first-order valence-corrected chi connectivity index (χ1v) is 8.12. The highest BCUT2D eigenvalue weighted by Crippen LogP contribution is 2.02. The second kappa shape index (κ2) is 7.58. The summed E-state index contributed by atoms with van der Waals surface area (Å²) in [5, 5.41) is 3.58. The maximum atomic E-state index is 11.7. The Morgan fingerprint density at radius 2 is 1.91 bits per heavy atom. The minimum absolute atomic E-state index is 0.216. The van der Waals surface area contributed by atoms with Crippen molar-refractivity contribution in [2.24, 2.45) is 0 Å². The molecule has 7 heteroatoms. The molecule has 0 unspecified atom stereocenters. The number of carbonyl (C=O) groups is 1. The van der Waals surface area contributed by atoms with E-state index in [9.17, 15) is 13.2 Å². The first kappa shape index (κ1) is 16.0. The van der Waals surface area contributed by atoms with Gasteiger partial charge in [0.05, 0.1) is 19.4 Å². The molecule has 0 saturated carbocycles. The fourth-order valence-electron chi connectivity index (χ4n) is 1.61. The van der Waals surface area contributed by atoms with Gasteiger partial charge in [-0.15, -0.1) is 0 Å². The zero-order valence-electron chi connectivity index (χ0n) is 11.7. The van der Waals surface area contributed by atoms with Gasteiger partial charge in [-0.1, -0.05) is 30.3 Å². The number of furan rings is 1. The molecule has 116 valence electrons. The fraction of sp³-hybridized carbons (Fsp3) is 0.133. The smallest absolute Gasteiger partial charge is 0.235 e. The molecule has 22 heavy (non-hydrogen) atoms. The maximum Gasteiger partial charge on any atom is 0.235 e. The van der Waals surface area contributed by atoms with Gasteiger partial charge in [0, 0.05) is 5.41 Å². The second-order valence-electron chi connectivity index (χ2n) is 4.44. The fourth-order valence-corrected chi connectivity index (χ4v) is 2.37. The summed E-state index contributed by atoms with van der Waals surface area (Å²) < 4.78 is 30.7. The van der Waals surface area contributed by atoms with E-state index in [1.165, 1.54) is 12.3 Å². The van der Waals surface area contributed by atoms with Gasteiger partial charge in [0.15, 0.2) is 0 Å². The van der Waals surface area contributed by atoms with Crippen LogP contribution in [0.3, 0.4) is 0 Å². The van der Waals surface area contributed by atoms with Crippen LogP contribution in [0.5, 0.6) is 0 Å². The van der Waals surface area contributed by atoms with E-state index in [-0.39, 0.29) is 13.1 Å². The maximum absolute atomic E-state index is 11.7. The van der Waals surface area contributed by atoms with Crippen molar-refractivity contribution < 1.29 is 17.6 Å². The molecule has 0 radical (unpaired) electrons. The Morgan fingerprint density at radius 3 is 2.59 bits per heavy atom. The minimum Gasteiger partial charge on any atom is -0.467 e. The van der Waals surface area contributed by atoms with Crippen LogP contribution in [0, 0.1) is 0 Å². The number of nitrogens with one attached hydrogen (secondary N) is 2. The quantitative estimate of drug-likeness (QED) is 0.809. The predicted molar refractivity (Wildman–Crippen MR) is 83.0 cm³/mol. The van der Waals surface area contributed by atoms with Gasteiger partial charge >= 0.3 is 0 Å². The number of sulfonamides is 1. The average molecular weight is 320 g/mol. The highest BCUT2D eigenvalue weighted by molar-refractivity contribution is 7.92. The number of benzene rings is 1. The van der Waals surface area contributed by atoms with Crippen LogP contribution in [-0.2, 0) is 21.4 Å². The monoisotopic (exact) mass is 320 g/mol. The van der Waals surface area contributed by atoms with Crippen molar-refractivity contribution in [2.75, 3.05) is 6.54 Å². The van der Waals surface area contributed by atoms with E-state index in [1.807, 2.05) is 18.2 Å². The molecule has 0 bridgehead atoms. The van der Waals surface area contributed by atoms with Gasteiger partial charge < -0.3 is 9.73 Å². The molecule has 1 aromatic carbocycles. The molecule has 1 amide bonds. The predicted octanol–water partition coefficient (Wildman–Crippen LogP) is 1.49. The average Bonchev–Trinajstić information content (AvgIpc) is 3.04. The molecule has 0 fully saturated rings. The third-order valence-corrected chi connectivity index (χ3v) is 3.75. The van der Waals surface area contributed by atoms with Crippen LogP contribution in [0.2, 0.25) is 0 Å². The Bertz CT molecular complexity index is 722. The number of hydrogen-bond acceptors (Lipinski definition) is 4.